The number of para-hydroxylation sites is 1. The summed E-state index contributed by atoms with van der Waals surface area (Å²) in [7, 11) is 0. The van der Waals surface area contributed by atoms with Crippen LogP contribution in [-0.4, -0.2) is 36.4 Å². The van der Waals surface area contributed by atoms with E-state index >= 15 is 0 Å². The van der Waals surface area contributed by atoms with Crippen LogP contribution < -0.4 is 10.1 Å². The van der Waals surface area contributed by atoms with E-state index in [1.807, 2.05) is 60.7 Å². The molecule has 1 atom stereocenters. The minimum atomic E-state index is -0.284. The highest BCUT2D eigenvalue weighted by molar-refractivity contribution is 5.89. The number of nitrogens with zero attached hydrogens (tertiary/aromatic N) is 1. The van der Waals surface area contributed by atoms with E-state index in [4.69, 9.17) is 4.74 Å². The lowest BCUT2D eigenvalue weighted by Gasteiger charge is -2.16. The summed E-state index contributed by atoms with van der Waals surface area (Å²) in [5.74, 6) is 0.444. The molecule has 1 N–H and O–H groups in total. The molecule has 2 aromatic rings. The predicted octanol–water partition coefficient (Wildman–Crippen LogP) is 2.23. The number of hydrogen-bond donors (Lipinski definition) is 1. The van der Waals surface area contributed by atoms with Crippen LogP contribution in [0.25, 0.3) is 0 Å². The third-order valence-corrected chi connectivity index (χ3v) is 4.21. The fourth-order valence-corrected chi connectivity index (χ4v) is 2.91. The van der Waals surface area contributed by atoms with Crippen molar-refractivity contribution in [2.75, 3.05) is 19.7 Å². The zero-order valence-electron chi connectivity index (χ0n) is 14.1. The van der Waals surface area contributed by atoms with Gasteiger partial charge in [0.1, 0.15) is 12.4 Å². The van der Waals surface area contributed by atoms with E-state index in [-0.39, 0.29) is 24.2 Å². The Morgan fingerprint density at radius 3 is 2.48 bits per heavy atom. The Labute approximate surface area is 147 Å². The second-order valence-corrected chi connectivity index (χ2v) is 6.11. The summed E-state index contributed by atoms with van der Waals surface area (Å²) >= 11 is 0. The number of benzene rings is 2. The number of ether oxygens (including phenoxy) is 1. The molecular weight excluding hydrogens is 316 g/mol. The molecule has 0 saturated carbocycles. The van der Waals surface area contributed by atoms with Crippen LogP contribution in [0.5, 0.6) is 5.75 Å². The van der Waals surface area contributed by atoms with Crippen molar-refractivity contribution in [2.24, 2.45) is 5.92 Å². The molecule has 1 aliphatic rings. The Kier molecular flexibility index (Phi) is 5.67. The standard InChI is InChI=1S/C20H22N2O3/c23-19-13-17(15-22(19)14-16-7-3-1-4-8-16)20(24)21-11-12-25-18-9-5-2-6-10-18/h1-10,17H,11-15H2,(H,21,24)/t17-/m1/s1. The quantitative estimate of drug-likeness (QED) is 0.788. The van der Waals surface area contributed by atoms with E-state index < -0.39 is 0 Å². The number of likely N-dealkylation sites (tertiary alicyclic amines) is 1. The van der Waals surface area contributed by atoms with Crippen LogP contribution in [0.15, 0.2) is 60.7 Å². The molecule has 5 nitrogen and oxygen atoms in total. The third-order valence-electron chi connectivity index (χ3n) is 4.21. The van der Waals surface area contributed by atoms with Gasteiger partial charge in [0.05, 0.1) is 12.5 Å². The Morgan fingerprint density at radius 2 is 1.76 bits per heavy atom. The molecule has 0 radical (unpaired) electrons. The third kappa shape index (κ3) is 4.83. The highest BCUT2D eigenvalue weighted by Gasteiger charge is 2.33. The summed E-state index contributed by atoms with van der Waals surface area (Å²) < 4.78 is 5.55. The maximum absolute atomic E-state index is 12.3. The topological polar surface area (TPSA) is 58.6 Å². The van der Waals surface area contributed by atoms with Crippen LogP contribution >= 0.6 is 0 Å². The first-order valence-corrected chi connectivity index (χ1v) is 8.49. The molecular formula is C20H22N2O3. The number of carbonyl (C=O) groups excluding carboxylic acids is 2. The van der Waals surface area contributed by atoms with Crippen molar-refractivity contribution in [2.45, 2.75) is 13.0 Å². The highest BCUT2D eigenvalue weighted by Crippen LogP contribution is 2.20. The van der Waals surface area contributed by atoms with Gasteiger partial charge in [-0.15, -0.1) is 0 Å². The summed E-state index contributed by atoms with van der Waals surface area (Å²) in [6.45, 7) is 1.86. The minimum absolute atomic E-state index is 0.0320. The zero-order chi connectivity index (χ0) is 17.5. The van der Waals surface area contributed by atoms with Crippen molar-refractivity contribution in [3.8, 4) is 5.75 Å². The van der Waals surface area contributed by atoms with Crippen molar-refractivity contribution in [3.05, 3.63) is 66.2 Å². The Balaban J connectivity index is 1.41. The molecule has 3 rings (SSSR count). The van der Waals surface area contributed by atoms with Crippen LogP contribution in [0, 0.1) is 5.92 Å². The molecule has 0 spiro atoms. The molecule has 0 aromatic heterocycles. The summed E-state index contributed by atoms with van der Waals surface area (Å²) in [6.07, 6.45) is 0.276. The molecule has 2 aromatic carbocycles. The molecule has 1 saturated heterocycles. The van der Waals surface area contributed by atoms with Gasteiger partial charge in [-0.1, -0.05) is 48.5 Å². The molecule has 0 aliphatic carbocycles. The largest absolute Gasteiger partial charge is 0.492 e. The van der Waals surface area contributed by atoms with Crippen molar-refractivity contribution in [1.29, 1.82) is 0 Å². The molecule has 25 heavy (non-hydrogen) atoms. The van der Waals surface area contributed by atoms with E-state index in [1.165, 1.54) is 0 Å². The van der Waals surface area contributed by atoms with Crippen LogP contribution in [0.2, 0.25) is 0 Å². The molecule has 1 heterocycles. The Hall–Kier alpha value is -2.82. The van der Waals surface area contributed by atoms with Gasteiger partial charge in [-0.25, -0.2) is 0 Å². The van der Waals surface area contributed by atoms with Gasteiger partial charge in [-0.2, -0.15) is 0 Å². The Bertz CT molecular complexity index is 703. The van der Waals surface area contributed by atoms with E-state index in [9.17, 15) is 9.59 Å². The van der Waals surface area contributed by atoms with Gasteiger partial charge in [0.15, 0.2) is 0 Å². The van der Waals surface area contributed by atoms with Crippen LogP contribution in [0.3, 0.4) is 0 Å². The average Bonchev–Trinajstić information content (AvgIpc) is 3.01. The van der Waals surface area contributed by atoms with Gasteiger partial charge >= 0.3 is 0 Å². The SMILES string of the molecule is O=C(NCCOc1ccccc1)[C@@H]1CC(=O)N(Cc2ccccc2)C1. The van der Waals surface area contributed by atoms with Crippen LogP contribution in [-0.2, 0) is 16.1 Å². The normalized spacial score (nSPS) is 16.7. The molecule has 5 heteroatoms. The lowest BCUT2D eigenvalue weighted by molar-refractivity contribution is -0.129. The van der Waals surface area contributed by atoms with E-state index in [2.05, 4.69) is 5.32 Å². The van der Waals surface area contributed by atoms with Gasteiger partial charge in [0.2, 0.25) is 11.8 Å². The molecule has 130 valence electrons. The number of nitrogens with one attached hydrogen (secondary N) is 1. The van der Waals surface area contributed by atoms with Crippen molar-refractivity contribution < 1.29 is 14.3 Å². The first-order chi connectivity index (χ1) is 12.2. The first-order valence-electron chi connectivity index (χ1n) is 8.49. The second-order valence-electron chi connectivity index (χ2n) is 6.11. The summed E-state index contributed by atoms with van der Waals surface area (Å²) in [4.78, 5) is 26.1. The number of amides is 2. The van der Waals surface area contributed by atoms with Crippen molar-refractivity contribution in [3.63, 3.8) is 0 Å². The molecule has 1 fully saturated rings. The summed E-state index contributed by atoms with van der Waals surface area (Å²) in [6, 6.07) is 19.3. The Morgan fingerprint density at radius 1 is 1.08 bits per heavy atom. The molecule has 0 bridgehead atoms. The summed E-state index contributed by atoms with van der Waals surface area (Å²) in [5, 5.41) is 2.86. The minimum Gasteiger partial charge on any atom is -0.492 e. The van der Waals surface area contributed by atoms with Crippen molar-refractivity contribution in [1.82, 2.24) is 10.2 Å². The van der Waals surface area contributed by atoms with Gasteiger partial charge in [0, 0.05) is 19.5 Å². The lowest BCUT2D eigenvalue weighted by atomic mass is 10.1. The summed E-state index contributed by atoms with van der Waals surface area (Å²) in [5.41, 5.74) is 1.08. The smallest absolute Gasteiger partial charge is 0.225 e. The maximum atomic E-state index is 12.3. The maximum Gasteiger partial charge on any atom is 0.225 e. The lowest BCUT2D eigenvalue weighted by Crippen LogP contribution is -2.35. The fraction of sp³-hybridized carbons (Fsp3) is 0.300. The van der Waals surface area contributed by atoms with Crippen LogP contribution in [0.4, 0.5) is 0 Å². The first kappa shape index (κ1) is 17.0. The van der Waals surface area contributed by atoms with E-state index in [0.29, 0.717) is 26.2 Å². The highest BCUT2D eigenvalue weighted by atomic mass is 16.5. The predicted molar refractivity (Wildman–Crippen MR) is 94.9 cm³/mol. The zero-order valence-corrected chi connectivity index (χ0v) is 14.1. The van der Waals surface area contributed by atoms with Gasteiger partial charge in [-0.05, 0) is 17.7 Å². The molecule has 1 aliphatic heterocycles. The monoisotopic (exact) mass is 338 g/mol. The average molecular weight is 338 g/mol. The van der Waals surface area contributed by atoms with Gasteiger partial charge < -0.3 is 15.0 Å². The number of carbonyl (C=O) groups is 2. The molecule has 0 unspecified atom stereocenters. The van der Waals surface area contributed by atoms with Crippen LogP contribution in [0.1, 0.15) is 12.0 Å². The molecule has 2 amide bonds. The van der Waals surface area contributed by atoms with Gasteiger partial charge in [-0.3, -0.25) is 9.59 Å². The van der Waals surface area contributed by atoms with Crippen molar-refractivity contribution >= 4 is 11.8 Å². The second kappa shape index (κ2) is 8.33. The van der Waals surface area contributed by atoms with E-state index in [1.54, 1.807) is 4.90 Å². The number of rotatable bonds is 7. The van der Waals surface area contributed by atoms with E-state index in [0.717, 1.165) is 11.3 Å². The van der Waals surface area contributed by atoms with Gasteiger partial charge in [0.25, 0.3) is 0 Å². The fourth-order valence-electron chi connectivity index (χ4n) is 2.91. The number of hydrogen-bond acceptors (Lipinski definition) is 3.